The van der Waals surface area contributed by atoms with Gasteiger partial charge in [-0.1, -0.05) is 26.7 Å². The summed E-state index contributed by atoms with van der Waals surface area (Å²) in [5, 5.41) is 0. The van der Waals surface area contributed by atoms with Crippen LogP contribution in [-0.4, -0.2) is 31.6 Å². The highest BCUT2D eigenvalue weighted by Gasteiger charge is 2.33. The Bertz CT molecular complexity index is 315. The second-order valence-electron chi connectivity index (χ2n) is 6.82. The van der Waals surface area contributed by atoms with Gasteiger partial charge in [0.1, 0.15) is 6.10 Å². The Hall–Kier alpha value is -0.610. The lowest BCUT2D eigenvalue weighted by Gasteiger charge is -2.37. The normalized spacial score (nSPS) is 32.6. The van der Waals surface area contributed by atoms with Gasteiger partial charge < -0.3 is 14.2 Å². The third kappa shape index (κ3) is 5.54. The van der Waals surface area contributed by atoms with Gasteiger partial charge in [0.05, 0.1) is 13.2 Å². The van der Waals surface area contributed by atoms with Crippen molar-refractivity contribution in [2.45, 2.75) is 84.0 Å². The van der Waals surface area contributed by atoms with Gasteiger partial charge in [-0.2, -0.15) is 0 Å². The minimum absolute atomic E-state index is 0.0369. The van der Waals surface area contributed by atoms with E-state index in [0.717, 1.165) is 45.3 Å². The lowest BCUT2D eigenvalue weighted by molar-refractivity contribution is -0.231. The molecule has 0 bridgehead atoms. The van der Waals surface area contributed by atoms with E-state index < -0.39 is 0 Å². The molecular formula is C18H32O4. The van der Waals surface area contributed by atoms with Crippen LogP contribution in [0.5, 0.6) is 0 Å². The van der Waals surface area contributed by atoms with Crippen LogP contribution in [0.2, 0.25) is 0 Å². The quantitative estimate of drug-likeness (QED) is 0.665. The summed E-state index contributed by atoms with van der Waals surface area (Å²) in [7, 11) is 0. The predicted octanol–water partition coefficient (Wildman–Crippen LogP) is 4.07. The van der Waals surface area contributed by atoms with Crippen molar-refractivity contribution in [3.05, 3.63) is 0 Å². The van der Waals surface area contributed by atoms with Crippen molar-refractivity contribution in [2.75, 3.05) is 13.2 Å². The van der Waals surface area contributed by atoms with Crippen molar-refractivity contribution in [1.29, 1.82) is 0 Å². The monoisotopic (exact) mass is 312 g/mol. The molecule has 1 aliphatic carbocycles. The first-order chi connectivity index (χ1) is 10.7. The van der Waals surface area contributed by atoms with Gasteiger partial charge in [0.25, 0.3) is 0 Å². The average Bonchev–Trinajstić information content (AvgIpc) is 2.54. The molecule has 1 heterocycles. The van der Waals surface area contributed by atoms with Gasteiger partial charge in [-0.05, 0) is 38.5 Å². The van der Waals surface area contributed by atoms with Gasteiger partial charge in [0.2, 0.25) is 0 Å². The number of hydrogen-bond donors (Lipinski definition) is 0. The molecule has 2 aliphatic rings. The number of esters is 1. The summed E-state index contributed by atoms with van der Waals surface area (Å²) in [6.07, 6.45) is 9.14. The number of ether oxygens (including phenoxy) is 3. The second-order valence-corrected chi connectivity index (χ2v) is 6.82. The zero-order valence-electron chi connectivity index (χ0n) is 14.2. The van der Waals surface area contributed by atoms with Crippen LogP contribution < -0.4 is 0 Å². The molecule has 0 amide bonds. The lowest BCUT2D eigenvalue weighted by atomic mass is 9.86. The summed E-state index contributed by atoms with van der Waals surface area (Å²) >= 11 is 0. The Kier molecular flexibility index (Phi) is 7.67. The van der Waals surface area contributed by atoms with E-state index in [1.54, 1.807) is 0 Å². The zero-order chi connectivity index (χ0) is 15.8. The van der Waals surface area contributed by atoms with Crippen LogP contribution >= 0.6 is 0 Å². The topological polar surface area (TPSA) is 44.8 Å². The van der Waals surface area contributed by atoms with Crippen LogP contribution in [0.1, 0.15) is 71.6 Å². The van der Waals surface area contributed by atoms with E-state index in [-0.39, 0.29) is 18.4 Å². The molecule has 1 aliphatic heterocycles. The third-order valence-corrected chi connectivity index (χ3v) is 4.81. The number of unbranched alkanes of at least 4 members (excludes halogenated alkanes) is 1. The first-order valence-electron chi connectivity index (χ1n) is 9.15. The van der Waals surface area contributed by atoms with Crippen molar-refractivity contribution < 1.29 is 19.0 Å². The van der Waals surface area contributed by atoms with Crippen LogP contribution in [0.15, 0.2) is 0 Å². The Morgan fingerprint density at radius 3 is 2.32 bits per heavy atom. The summed E-state index contributed by atoms with van der Waals surface area (Å²) in [5.74, 6) is 0.991. The van der Waals surface area contributed by atoms with E-state index >= 15 is 0 Å². The average molecular weight is 312 g/mol. The molecule has 0 radical (unpaired) electrons. The summed E-state index contributed by atoms with van der Waals surface area (Å²) in [4.78, 5) is 11.5. The lowest BCUT2D eigenvalue weighted by Crippen LogP contribution is -2.39. The van der Waals surface area contributed by atoms with E-state index in [2.05, 4.69) is 6.92 Å². The van der Waals surface area contributed by atoms with Crippen molar-refractivity contribution in [3.63, 3.8) is 0 Å². The van der Waals surface area contributed by atoms with Crippen LogP contribution in [0, 0.1) is 11.8 Å². The molecule has 0 N–H and O–H groups in total. The Balaban J connectivity index is 1.64. The van der Waals surface area contributed by atoms with Crippen molar-refractivity contribution in [3.8, 4) is 0 Å². The predicted molar refractivity (Wildman–Crippen MR) is 85.5 cm³/mol. The molecule has 128 valence electrons. The van der Waals surface area contributed by atoms with Gasteiger partial charge in [-0.3, -0.25) is 4.79 Å². The molecule has 0 aromatic carbocycles. The fourth-order valence-electron chi connectivity index (χ4n) is 3.42. The molecular weight excluding hydrogens is 280 g/mol. The molecule has 0 aromatic rings. The minimum atomic E-state index is -0.0464. The molecule has 1 saturated carbocycles. The van der Waals surface area contributed by atoms with Gasteiger partial charge in [0, 0.05) is 18.3 Å². The molecule has 0 aromatic heterocycles. The fourth-order valence-corrected chi connectivity index (χ4v) is 3.42. The maximum absolute atomic E-state index is 11.5. The standard InChI is InChI=1S/C18H32O4/c1-3-5-7-14-12-20-18(21-13-14)15-8-10-16(11-9-15)22-17(19)6-4-2/h14-16,18H,3-13H2,1-2H3/t14-,15?,16?,18-. The highest BCUT2D eigenvalue weighted by atomic mass is 16.7. The highest BCUT2D eigenvalue weighted by Crippen LogP contribution is 2.33. The van der Waals surface area contributed by atoms with Gasteiger partial charge >= 0.3 is 5.97 Å². The molecule has 0 atom stereocenters. The number of hydrogen-bond acceptors (Lipinski definition) is 4. The smallest absolute Gasteiger partial charge is 0.306 e. The molecule has 2 rings (SSSR count). The van der Waals surface area contributed by atoms with Crippen molar-refractivity contribution >= 4 is 5.97 Å². The van der Waals surface area contributed by atoms with Crippen molar-refractivity contribution in [2.24, 2.45) is 11.8 Å². The maximum Gasteiger partial charge on any atom is 0.306 e. The SMILES string of the molecule is CCCC[C@H]1CO[C@H](C2CCC(OC(=O)CCC)CC2)OC1. The van der Waals surface area contributed by atoms with Crippen LogP contribution in [-0.2, 0) is 19.0 Å². The third-order valence-electron chi connectivity index (χ3n) is 4.81. The summed E-state index contributed by atoms with van der Waals surface area (Å²) in [6.45, 7) is 5.91. The van der Waals surface area contributed by atoms with Gasteiger partial charge in [0.15, 0.2) is 6.29 Å². The number of carbonyl (C=O) groups is 1. The van der Waals surface area contributed by atoms with Gasteiger partial charge in [-0.15, -0.1) is 0 Å². The molecule has 0 spiro atoms. The van der Waals surface area contributed by atoms with Crippen LogP contribution in [0.4, 0.5) is 0 Å². The molecule has 4 heteroatoms. The van der Waals surface area contributed by atoms with Crippen LogP contribution in [0.3, 0.4) is 0 Å². The first kappa shape index (κ1) is 17.7. The van der Waals surface area contributed by atoms with Crippen LogP contribution in [0.25, 0.3) is 0 Å². The largest absolute Gasteiger partial charge is 0.462 e. The Morgan fingerprint density at radius 2 is 1.73 bits per heavy atom. The van der Waals surface area contributed by atoms with E-state index in [1.165, 1.54) is 19.3 Å². The molecule has 22 heavy (non-hydrogen) atoms. The summed E-state index contributed by atoms with van der Waals surface area (Å²) in [5.41, 5.74) is 0. The van der Waals surface area contributed by atoms with Crippen molar-refractivity contribution in [1.82, 2.24) is 0 Å². The fraction of sp³-hybridized carbons (Fsp3) is 0.944. The first-order valence-corrected chi connectivity index (χ1v) is 9.15. The van der Waals surface area contributed by atoms with E-state index in [4.69, 9.17) is 14.2 Å². The number of carbonyl (C=O) groups excluding carboxylic acids is 1. The van der Waals surface area contributed by atoms with E-state index in [9.17, 15) is 4.79 Å². The summed E-state index contributed by atoms with van der Waals surface area (Å²) in [6, 6.07) is 0. The molecule has 1 saturated heterocycles. The highest BCUT2D eigenvalue weighted by molar-refractivity contribution is 5.69. The second kappa shape index (κ2) is 9.51. The van der Waals surface area contributed by atoms with Gasteiger partial charge in [-0.25, -0.2) is 0 Å². The minimum Gasteiger partial charge on any atom is -0.462 e. The zero-order valence-corrected chi connectivity index (χ0v) is 14.2. The molecule has 2 fully saturated rings. The Morgan fingerprint density at radius 1 is 1.05 bits per heavy atom. The Labute approximate surface area is 134 Å². The maximum atomic E-state index is 11.5. The van der Waals surface area contributed by atoms with E-state index in [0.29, 0.717) is 18.3 Å². The molecule has 4 nitrogen and oxygen atoms in total. The van der Waals surface area contributed by atoms with E-state index in [1.807, 2.05) is 6.92 Å². The summed E-state index contributed by atoms with van der Waals surface area (Å²) < 4.78 is 17.4. The molecule has 0 unspecified atom stereocenters. The number of rotatable bonds is 7.